The number of nitrogens with zero attached hydrogens (tertiary/aromatic N) is 3. The molecule has 0 radical (unpaired) electrons. The molecule has 2 aromatic rings. The van der Waals surface area contributed by atoms with Crippen molar-refractivity contribution in [2.45, 2.75) is 25.4 Å². The minimum atomic E-state index is -0.660. The van der Waals surface area contributed by atoms with Gasteiger partial charge in [0.2, 0.25) is 0 Å². The van der Waals surface area contributed by atoms with Gasteiger partial charge >= 0.3 is 0 Å². The lowest BCUT2D eigenvalue weighted by molar-refractivity contribution is -0.00219. The Bertz CT molecular complexity index is 626. The molecule has 0 aliphatic carbocycles. The van der Waals surface area contributed by atoms with Crippen molar-refractivity contribution in [2.75, 3.05) is 13.1 Å². The molecule has 6 heteroatoms. The van der Waals surface area contributed by atoms with E-state index in [1.807, 2.05) is 19.1 Å². The predicted molar refractivity (Wildman–Crippen MR) is 77.6 cm³/mol. The maximum atomic E-state index is 12.4. The SMILES string of the molecule is CC1(O)CCN(C(=O)c2cc(-c3ccncc3)n[nH]2)CC1. The number of likely N-dealkylation sites (tertiary alicyclic amines) is 1. The first-order valence-electron chi connectivity index (χ1n) is 7.03. The first kappa shape index (κ1) is 13.8. The van der Waals surface area contributed by atoms with Gasteiger partial charge in [-0.25, -0.2) is 0 Å². The number of pyridine rings is 1. The van der Waals surface area contributed by atoms with Crippen LogP contribution < -0.4 is 0 Å². The van der Waals surface area contributed by atoms with Crippen molar-refractivity contribution < 1.29 is 9.90 Å². The van der Waals surface area contributed by atoms with E-state index in [1.165, 1.54) is 0 Å². The molecule has 0 saturated carbocycles. The van der Waals surface area contributed by atoms with Crippen LogP contribution in [0, 0.1) is 0 Å². The molecule has 0 atom stereocenters. The number of amides is 1. The highest BCUT2D eigenvalue weighted by Crippen LogP contribution is 2.23. The highest BCUT2D eigenvalue weighted by molar-refractivity contribution is 5.93. The second-order valence-electron chi connectivity index (χ2n) is 5.69. The maximum Gasteiger partial charge on any atom is 0.271 e. The van der Waals surface area contributed by atoms with E-state index >= 15 is 0 Å². The highest BCUT2D eigenvalue weighted by Gasteiger charge is 2.30. The van der Waals surface area contributed by atoms with Crippen LogP contribution in [0.2, 0.25) is 0 Å². The number of aromatic amines is 1. The zero-order valence-corrected chi connectivity index (χ0v) is 11.9. The Morgan fingerprint density at radius 3 is 2.67 bits per heavy atom. The summed E-state index contributed by atoms with van der Waals surface area (Å²) >= 11 is 0. The van der Waals surface area contributed by atoms with Gasteiger partial charge in [0.05, 0.1) is 11.3 Å². The van der Waals surface area contributed by atoms with Crippen molar-refractivity contribution in [1.82, 2.24) is 20.1 Å². The molecule has 0 bridgehead atoms. The largest absolute Gasteiger partial charge is 0.390 e. The van der Waals surface area contributed by atoms with Crippen LogP contribution in [0.5, 0.6) is 0 Å². The van der Waals surface area contributed by atoms with Crippen LogP contribution in [0.1, 0.15) is 30.3 Å². The molecule has 1 aliphatic rings. The van der Waals surface area contributed by atoms with E-state index in [-0.39, 0.29) is 5.91 Å². The molecule has 1 amide bonds. The molecule has 2 N–H and O–H groups in total. The topological polar surface area (TPSA) is 82.1 Å². The van der Waals surface area contributed by atoms with Gasteiger partial charge in [0, 0.05) is 31.0 Å². The Hall–Kier alpha value is -2.21. The lowest BCUT2D eigenvalue weighted by atomic mass is 9.94. The normalized spacial score (nSPS) is 17.7. The molecule has 1 aliphatic heterocycles. The summed E-state index contributed by atoms with van der Waals surface area (Å²) < 4.78 is 0. The fourth-order valence-corrected chi connectivity index (χ4v) is 2.46. The number of carbonyl (C=O) groups is 1. The van der Waals surface area contributed by atoms with Gasteiger partial charge in [0.1, 0.15) is 5.69 Å². The van der Waals surface area contributed by atoms with Crippen molar-refractivity contribution in [3.63, 3.8) is 0 Å². The van der Waals surface area contributed by atoms with E-state index < -0.39 is 5.60 Å². The number of nitrogens with one attached hydrogen (secondary N) is 1. The Labute approximate surface area is 122 Å². The zero-order chi connectivity index (χ0) is 14.9. The lowest BCUT2D eigenvalue weighted by Gasteiger charge is -2.35. The van der Waals surface area contributed by atoms with Gasteiger partial charge in [0.25, 0.3) is 5.91 Å². The summed E-state index contributed by atoms with van der Waals surface area (Å²) in [4.78, 5) is 18.1. The number of hydrogen-bond acceptors (Lipinski definition) is 4. The summed E-state index contributed by atoms with van der Waals surface area (Å²) in [5.74, 6) is -0.0710. The Morgan fingerprint density at radius 1 is 1.33 bits per heavy atom. The van der Waals surface area contributed by atoms with Crippen LogP contribution in [0.4, 0.5) is 0 Å². The number of H-pyrrole nitrogens is 1. The molecule has 21 heavy (non-hydrogen) atoms. The van der Waals surface area contributed by atoms with Crippen molar-refractivity contribution in [3.8, 4) is 11.3 Å². The van der Waals surface area contributed by atoms with Gasteiger partial charge < -0.3 is 10.0 Å². The van der Waals surface area contributed by atoms with Crippen LogP contribution in [0.15, 0.2) is 30.6 Å². The zero-order valence-electron chi connectivity index (χ0n) is 11.9. The van der Waals surface area contributed by atoms with Crippen LogP contribution in [0.25, 0.3) is 11.3 Å². The number of aliphatic hydroxyl groups is 1. The maximum absolute atomic E-state index is 12.4. The molecular weight excluding hydrogens is 268 g/mol. The average Bonchev–Trinajstić information content (AvgIpc) is 2.97. The van der Waals surface area contributed by atoms with E-state index in [4.69, 9.17) is 0 Å². The summed E-state index contributed by atoms with van der Waals surface area (Å²) in [6.45, 7) is 2.94. The third kappa shape index (κ3) is 2.95. The predicted octanol–water partition coefficient (Wildman–Crippen LogP) is 1.46. The van der Waals surface area contributed by atoms with Crippen molar-refractivity contribution >= 4 is 5.91 Å². The molecule has 0 unspecified atom stereocenters. The molecule has 1 fully saturated rings. The van der Waals surface area contributed by atoms with Gasteiger partial charge in [-0.3, -0.25) is 14.9 Å². The Kier molecular flexibility index (Phi) is 3.47. The molecule has 2 aromatic heterocycles. The van der Waals surface area contributed by atoms with E-state index in [2.05, 4.69) is 15.2 Å². The van der Waals surface area contributed by atoms with E-state index in [9.17, 15) is 9.90 Å². The van der Waals surface area contributed by atoms with Crippen LogP contribution in [-0.2, 0) is 0 Å². The third-order valence-corrected chi connectivity index (χ3v) is 3.91. The number of rotatable bonds is 2. The summed E-state index contributed by atoms with van der Waals surface area (Å²) in [5, 5.41) is 16.9. The van der Waals surface area contributed by atoms with Crippen molar-refractivity contribution in [3.05, 3.63) is 36.3 Å². The standard InChI is InChI=1S/C15H18N4O2/c1-15(21)4-8-19(9-5-15)14(20)13-10-12(17-18-13)11-2-6-16-7-3-11/h2-3,6-7,10,21H,4-5,8-9H2,1H3,(H,17,18). The molecule has 1 saturated heterocycles. The highest BCUT2D eigenvalue weighted by atomic mass is 16.3. The summed E-state index contributed by atoms with van der Waals surface area (Å²) in [7, 11) is 0. The third-order valence-electron chi connectivity index (χ3n) is 3.91. The van der Waals surface area contributed by atoms with Crippen LogP contribution in [0.3, 0.4) is 0 Å². The first-order chi connectivity index (χ1) is 10.1. The van der Waals surface area contributed by atoms with Gasteiger partial charge in [-0.05, 0) is 38.0 Å². The van der Waals surface area contributed by atoms with Gasteiger partial charge in [-0.15, -0.1) is 0 Å². The van der Waals surface area contributed by atoms with Gasteiger partial charge in [0.15, 0.2) is 0 Å². The minimum Gasteiger partial charge on any atom is -0.390 e. The smallest absolute Gasteiger partial charge is 0.271 e. The van der Waals surface area contributed by atoms with Crippen molar-refractivity contribution in [1.29, 1.82) is 0 Å². The molecule has 0 aromatic carbocycles. The summed E-state index contributed by atoms with van der Waals surface area (Å²) in [6, 6.07) is 5.45. The summed E-state index contributed by atoms with van der Waals surface area (Å²) in [6.07, 6.45) is 4.59. The van der Waals surface area contributed by atoms with Crippen LogP contribution in [-0.4, -0.2) is 49.8 Å². The number of carbonyl (C=O) groups excluding carboxylic acids is 1. The molecule has 110 valence electrons. The average molecular weight is 286 g/mol. The van der Waals surface area contributed by atoms with Gasteiger partial charge in [-0.1, -0.05) is 0 Å². The summed E-state index contributed by atoms with van der Waals surface area (Å²) in [5.41, 5.74) is 1.46. The monoisotopic (exact) mass is 286 g/mol. The molecular formula is C15H18N4O2. The fourth-order valence-electron chi connectivity index (χ4n) is 2.46. The Balaban J connectivity index is 1.73. The molecule has 3 rings (SSSR count). The molecule has 6 nitrogen and oxygen atoms in total. The minimum absolute atomic E-state index is 0.0710. The van der Waals surface area contributed by atoms with E-state index in [1.54, 1.807) is 23.4 Å². The van der Waals surface area contributed by atoms with Gasteiger partial charge in [-0.2, -0.15) is 5.10 Å². The van der Waals surface area contributed by atoms with Crippen molar-refractivity contribution in [2.24, 2.45) is 0 Å². The molecule has 0 spiro atoms. The number of aromatic nitrogens is 3. The second-order valence-corrected chi connectivity index (χ2v) is 5.69. The second kappa shape index (κ2) is 5.29. The first-order valence-corrected chi connectivity index (χ1v) is 7.03. The molecule has 3 heterocycles. The lowest BCUT2D eigenvalue weighted by Crippen LogP contribution is -2.45. The quantitative estimate of drug-likeness (QED) is 0.875. The van der Waals surface area contributed by atoms with E-state index in [0.717, 1.165) is 11.3 Å². The Morgan fingerprint density at radius 2 is 2.00 bits per heavy atom. The number of piperidine rings is 1. The van der Waals surface area contributed by atoms with E-state index in [0.29, 0.717) is 31.6 Å². The number of hydrogen-bond donors (Lipinski definition) is 2. The fraction of sp³-hybridized carbons (Fsp3) is 0.400. The van der Waals surface area contributed by atoms with Crippen LogP contribution >= 0.6 is 0 Å².